The zero-order chi connectivity index (χ0) is 14.7. The molecule has 20 heavy (non-hydrogen) atoms. The van der Waals surface area contributed by atoms with Crippen LogP contribution in [0.1, 0.15) is 12.7 Å². The van der Waals surface area contributed by atoms with Crippen molar-refractivity contribution >= 4 is 17.8 Å². The summed E-state index contributed by atoms with van der Waals surface area (Å²) in [5.74, 6) is 1.59. The number of aromatic nitrogens is 3. The Balaban J connectivity index is 1.99. The fraction of sp³-hybridized carbons (Fsp3) is 0.667. The first-order valence-corrected chi connectivity index (χ1v) is 6.61. The second-order valence-corrected chi connectivity index (χ2v) is 5.09. The summed E-state index contributed by atoms with van der Waals surface area (Å²) in [4.78, 5) is 29.8. The summed E-state index contributed by atoms with van der Waals surface area (Å²) >= 11 is 0. The average molecular weight is 279 g/mol. The molecule has 0 unspecified atom stereocenters. The van der Waals surface area contributed by atoms with Gasteiger partial charge < -0.3 is 15.5 Å². The van der Waals surface area contributed by atoms with Gasteiger partial charge in [-0.1, -0.05) is 0 Å². The van der Waals surface area contributed by atoms with E-state index in [1.165, 1.54) is 0 Å². The van der Waals surface area contributed by atoms with Gasteiger partial charge in [-0.15, -0.1) is 0 Å². The Kier molecular flexibility index (Phi) is 4.33. The molecule has 1 amide bonds. The van der Waals surface area contributed by atoms with Gasteiger partial charge in [0.05, 0.1) is 6.54 Å². The lowest BCUT2D eigenvalue weighted by atomic mass is 10.3. The van der Waals surface area contributed by atoms with E-state index in [-0.39, 0.29) is 11.9 Å². The normalized spacial score (nSPS) is 16.2. The summed E-state index contributed by atoms with van der Waals surface area (Å²) in [5, 5.41) is 0. The third-order valence-corrected chi connectivity index (χ3v) is 3.27. The first-order chi connectivity index (χ1) is 9.45. The summed E-state index contributed by atoms with van der Waals surface area (Å²) in [6.45, 7) is 5.36. The molecule has 0 bridgehead atoms. The van der Waals surface area contributed by atoms with E-state index in [1.807, 2.05) is 19.0 Å². The SMILES string of the molecule is CC(=O)N1CCN(Cc2nc(N)nc(N(C)C)n2)CC1. The van der Waals surface area contributed by atoms with Crippen molar-refractivity contribution in [3.05, 3.63) is 5.82 Å². The van der Waals surface area contributed by atoms with Gasteiger partial charge in [0.1, 0.15) is 5.82 Å². The van der Waals surface area contributed by atoms with Gasteiger partial charge in [-0.2, -0.15) is 15.0 Å². The molecule has 0 spiro atoms. The molecule has 1 fully saturated rings. The summed E-state index contributed by atoms with van der Waals surface area (Å²) < 4.78 is 0. The quantitative estimate of drug-likeness (QED) is 0.773. The maximum Gasteiger partial charge on any atom is 0.229 e. The number of piperazine rings is 1. The van der Waals surface area contributed by atoms with Crippen LogP contribution >= 0.6 is 0 Å². The Hall–Kier alpha value is -1.96. The Morgan fingerprint density at radius 2 is 1.85 bits per heavy atom. The number of carbonyl (C=O) groups is 1. The highest BCUT2D eigenvalue weighted by molar-refractivity contribution is 5.73. The second-order valence-electron chi connectivity index (χ2n) is 5.09. The van der Waals surface area contributed by atoms with Crippen LogP contribution in [0.5, 0.6) is 0 Å². The average Bonchev–Trinajstić information content (AvgIpc) is 2.38. The number of hydrogen-bond donors (Lipinski definition) is 1. The van der Waals surface area contributed by atoms with Gasteiger partial charge in [-0.05, 0) is 0 Å². The molecule has 1 aromatic heterocycles. The maximum absolute atomic E-state index is 11.3. The molecule has 0 aliphatic carbocycles. The molecule has 0 radical (unpaired) electrons. The third kappa shape index (κ3) is 3.53. The lowest BCUT2D eigenvalue weighted by Gasteiger charge is -2.33. The van der Waals surface area contributed by atoms with Gasteiger partial charge in [0.2, 0.25) is 17.8 Å². The standard InChI is InChI=1S/C12H21N7O/c1-9(20)19-6-4-18(5-7-19)8-10-14-11(13)16-12(15-10)17(2)3/h4-8H2,1-3H3,(H2,13,14,15,16). The topological polar surface area (TPSA) is 91.5 Å². The fourth-order valence-corrected chi connectivity index (χ4v) is 2.12. The van der Waals surface area contributed by atoms with E-state index in [9.17, 15) is 4.79 Å². The maximum atomic E-state index is 11.3. The van der Waals surface area contributed by atoms with E-state index in [0.29, 0.717) is 18.3 Å². The zero-order valence-corrected chi connectivity index (χ0v) is 12.2. The van der Waals surface area contributed by atoms with E-state index in [1.54, 1.807) is 11.8 Å². The molecule has 8 heteroatoms. The van der Waals surface area contributed by atoms with Crippen LogP contribution in [0.4, 0.5) is 11.9 Å². The molecule has 2 rings (SSSR count). The highest BCUT2D eigenvalue weighted by Crippen LogP contribution is 2.10. The lowest BCUT2D eigenvalue weighted by Crippen LogP contribution is -2.47. The number of nitrogens with zero attached hydrogens (tertiary/aromatic N) is 6. The Morgan fingerprint density at radius 1 is 1.20 bits per heavy atom. The number of rotatable bonds is 3. The monoisotopic (exact) mass is 279 g/mol. The Bertz CT molecular complexity index is 483. The summed E-state index contributed by atoms with van der Waals surface area (Å²) in [5.41, 5.74) is 5.70. The molecule has 2 N–H and O–H groups in total. The van der Waals surface area contributed by atoms with Crippen LogP contribution in [0.25, 0.3) is 0 Å². The van der Waals surface area contributed by atoms with Crippen molar-refractivity contribution in [2.75, 3.05) is 50.9 Å². The fourth-order valence-electron chi connectivity index (χ4n) is 2.12. The highest BCUT2D eigenvalue weighted by atomic mass is 16.2. The molecule has 0 aromatic carbocycles. The van der Waals surface area contributed by atoms with Crippen LogP contribution in [0, 0.1) is 0 Å². The van der Waals surface area contributed by atoms with E-state index < -0.39 is 0 Å². The number of nitrogens with two attached hydrogens (primary N) is 1. The summed E-state index contributed by atoms with van der Waals surface area (Å²) in [6.07, 6.45) is 0. The number of hydrogen-bond acceptors (Lipinski definition) is 7. The van der Waals surface area contributed by atoms with Crippen LogP contribution in [-0.2, 0) is 11.3 Å². The molecule has 1 aromatic rings. The smallest absolute Gasteiger partial charge is 0.229 e. The van der Waals surface area contributed by atoms with E-state index >= 15 is 0 Å². The van der Waals surface area contributed by atoms with Crippen LogP contribution < -0.4 is 10.6 Å². The van der Waals surface area contributed by atoms with Crippen LogP contribution in [-0.4, -0.2) is 70.9 Å². The number of anilines is 2. The minimum atomic E-state index is 0.129. The molecule has 2 heterocycles. The van der Waals surface area contributed by atoms with Crippen molar-refractivity contribution in [2.24, 2.45) is 0 Å². The van der Waals surface area contributed by atoms with Gasteiger partial charge in [0.15, 0.2) is 0 Å². The summed E-state index contributed by atoms with van der Waals surface area (Å²) in [7, 11) is 3.73. The highest BCUT2D eigenvalue weighted by Gasteiger charge is 2.19. The van der Waals surface area contributed by atoms with Crippen molar-refractivity contribution in [2.45, 2.75) is 13.5 Å². The van der Waals surface area contributed by atoms with Gasteiger partial charge in [-0.25, -0.2) is 0 Å². The Labute approximate surface area is 118 Å². The minimum Gasteiger partial charge on any atom is -0.368 e. The molecular weight excluding hydrogens is 258 g/mol. The van der Waals surface area contributed by atoms with Gasteiger partial charge in [0.25, 0.3) is 0 Å². The largest absolute Gasteiger partial charge is 0.368 e. The van der Waals surface area contributed by atoms with Crippen LogP contribution in [0.3, 0.4) is 0 Å². The van der Waals surface area contributed by atoms with E-state index in [0.717, 1.165) is 26.2 Å². The zero-order valence-electron chi connectivity index (χ0n) is 12.2. The molecule has 0 atom stereocenters. The summed E-state index contributed by atoms with van der Waals surface area (Å²) in [6, 6.07) is 0. The third-order valence-electron chi connectivity index (χ3n) is 3.27. The van der Waals surface area contributed by atoms with Crippen molar-refractivity contribution in [3.8, 4) is 0 Å². The first kappa shape index (κ1) is 14.4. The van der Waals surface area contributed by atoms with Crippen molar-refractivity contribution in [3.63, 3.8) is 0 Å². The van der Waals surface area contributed by atoms with Gasteiger partial charge in [-0.3, -0.25) is 9.69 Å². The molecule has 1 aliphatic heterocycles. The minimum absolute atomic E-state index is 0.129. The van der Waals surface area contributed by atoms with Crippen LogP contribution in [0.15, 0.2) is 0 Å². The number of amides is 1. The molecule has 1 aliphatic rings. The molecule has 0 saturated carbocycles. The molecule has 110 valence electrons. The lowest BCUT2D eigenvalue weighted by molar-refractivity contribution is -0.130. The van der Waals surface area contributed by atoms with Crippen molar-refractivity contribution in [1.29, 1.82) is 0 Å². The second kappa shape index (κ2) is 6.00. The predicted molar refractivity (Wildman–Crippen MR) is 76.1 cm³/mol. The predicted octanol–water partition coefficient (Wildman–Crippen LogP) is -0.816. The first-order valence-electron chi connectivity index (χ1n) is 6.61. The number of carbonyl (C=O) groups excluding carboxylic acids is 1. The Morgan fingerprint density at radius 3 is 2.40 bits per heavy atom. The van der Waals surface area contributed by atoms with Crippen molar-refractivity contribution in [1.82, 2.24) is 24.8 Å². The number of nitrogen functional groups attached to an aromatic ring is 1. The molecule has 1 saturated heterocycles. The van der Waals surface area contributed by atoms with Crippen LogP contribution in [0.2, 0.25) is 0 Å². The van der Waals surface area contributed by atoms with E-state index in [2.05, 4.69) is 19.9 Å². The van der Waals surface area contributed by atoms with Crippen molar-refractivity contribution < 1.29 is 4.79 Å². The van der Waals surface area contributed by atoms with E-state index in [4.69, 9.17) is 5.73 Å². The van der Waals surface area contributed by atoms with Gasteiger partial charge >= 0.3 is 0 Å². The molecule has 8 nitrogen and oxygen atoms in total. The molecular formula is C12H21N7O. The van der Waals surface area contributed by atoms with Gasteiger partial charge in [0, 0.05) is 47.2 Å².